The minimum absolute atomic E-state index is 0.882. The third-order valence-electron chi connectivity index (χ3n) is 6.41. The number of nitrogens with zero attached hydrogens (tertiary/aromatic N) is 3. The molecule has 2 aromatic carbocycles. The molecule has 0 atom stereocenters. The minimum atomic E-state index is 0.882. The largest absolute Gasteiger partial charge is 0.292 e. The summed E-state index contributed by atoms with van der Waals surface area (Å²) >= 11 is 0. The van der Waals surface area contributed by atoms with Crippen molar-refractivity contribution < 1.29 is 0 Å². The summed E-state index contributed by atoms with van der Waals surface area (Å²) < 4.78 is 0. The fraction of sp³-hybridized carbons (Fsp3) is 0.120. The van der Waals surface area contributed by atoms with E-state index in [1.54, 1.807) is 0 Å². The summed E-state index contributed by atoms with van der Waals surface area (Å²) in [5.74, 6) is 1.06. The van der Waals surface area contributed by atoms with Crippen molar-refractivity contribution in [2.75, 3.05) is 4.90 Å². The molecule has 4 heterocycles. The van der Waals surface area contributed by atoms with Crippen LogP contribution in [0.25, 0.3) is 11.1 Å². The predicted molar refractivity (Wildman–Crippen MR) is 111 cm³/mol. The molecule has 7 rings (SSSR count). The molecule has 0 saturated carbocycles. The van der Waals surface area contributed by atoms with Crippen molar-refractivity contribution in [2.24, 2.45) is 0 Å². The highest BCUT2D eigenvalue weighted by molar-refractivity contribution is 5.92. The SMILES string of the molecule is c1ccc2c(c1)Cc1c-2cc2c3c1Cc1cccnc1N3c1cccnc1C2. The second kappa shape index (κ2) is 5.08. The van der Waals surface area contributed by atoms with Crippen LogP contribution in [0, 0.1) is 0 Å². The third kappa shape index (κ3) is 1.74. The van der Waals surface area contributed by atoms with Gasteiger partial charge in [0.1, 0.15) is 5.82 Å². The zero-order chi connectivity index (χ0) is 18.2. The smallest absolute Gasteiger partial charge is 0.141 e. The van der Waals surface area contributed by atoms with Crippen LogP contribution in [-0.4, -0.2) is 9.97 Å². The molecule has 3 aliphatic rings. The zero-order valence-corrected chi connectivity index (χ0v) is 15.3. The van der Waals surface area contributed by atoms with E-state index in [1.165, 1.54) is 50.3 Å². The summed E-state index contributed by atoms with van der Waals surface area (Å²) in [5.41, 5.74) is 13.5. The summed E-state index contributed by atoms with van der Waals surface area (Å²) in [6, 6.07) is 19.7. The van der Waals surface area contributed by atoms with Crippen molar-refractivity contribution in [2.45, 2.75) is 19.3 Å². The monoisotopic (exact) mass is 359 g/mol. The van der Waals surface area contributed by atoms with Crippen molar-refractivity contribution in [1.82, 2.24) is 9.97 Å². The standard InChI is InChI=1S/C25H17N3/c1-2-7-18-15(5-1)11-20-19(18)13-17-14-22-23(8-4-9-26-22)28-24(17)21(20)12-16-6-3-10-27-25(16)28/h1-10,13H,11-12,14H2. The Morgan fingerprint density at radius 3 is 2.50 bits per heavy atom. The van der Waals surface area contributed by atoms with E-state index >= 15 is 0 Å². The van der Waals surface area contributed by atoms with Crippen molar-refractivity contribution in [3.63, 3.8) is 0 Å². The van der Waals surface area contributed by atoms with Gasteiger partial charge >= 0.3 is 0 Å². The predicted octanol–water partition coefficient (Wildman–Crippen LogP) is 5.33. The van der Waals surface area contributed by atoms with Gasteiger partial charge in [-0.3, -0.25) is 9.88 Å². The second-order valence-corrected chi connectivity index (χ2v) is 7.87. The van der Waals surface area contributed by atoms with Crippen molar-refractivity contribution in [3.05, 3.63) is 101 Å². The Morgan fingerprint density at radius 1 is 0.679 bits per heavy atom. The van der Waals surface area contributed by atoms with Gasteiger partial charge in [-0.25, -0.2) is 4.98 Å². The molecule has 2 aliphatic heterocycles. The van der Waals surface area contributed by atoms with Crippen LogP contribution < -0.4 is 4.90 Å². The normalized spacial score (nSPS) is 14.6. The maximum absolute atomic E-state index is 4.78. The molecule has 4 aromatic rings. The third-order valence-corrected chi connectivity index (χ3v) is 6.41. The zero-order valence-electron chi connectivity index (χ0n) is 15.3. The lowest BCUT2D eigenvalue weighted by atomic mass is 9.84. The molecule has 3 heteroatoms. The Bertz CT molecular complexity index is 1290. The molecule has 0 bridgehead atoms. The summed E-state index contributed by atoms with van der Waals surface area (Å²) in [6.45, 7) is 0. The summed E-state index contributed by atoms with van der Waals surface area (Å²) in [7, 11) is 0. The quantitative estimate of drug-likeness (QED) is 0.367. The second-order valence-electron chi connectivity index (χ2n) is 7.87. The van der Waals surface area contributed by atoms with Gasteiger partial charge in [0.25, 0.3) is 0 Å². The van der Waals surface area contributed by atoms with E-state index in [0.717, 1.165) is 30.8 Å². The maximum atomic E-state index is 4.78. The van der Waals surface area contributed by atoms with E-state index in [2.05, 4.69) is 53.4 Å². The number of hydrogen-bond acceptors (Lipinski definition) is 3. The molecule has 0 unspecified atom stereocenters. The molecule has 0 amide bonds. The Kier molecular flexibility index (Phi) is 2.64. The van der Waals surface area contributed by atoms with Gasteiger partial charge in [-0.05, 0) is 69.6 Å². The average Bonchev–Trinajstić information content (AvgIpc) is 3.12. The molecule has 132 valence electrons. The molecule has 0 spiro atoms. The first-order valence-electron chi connectivity index (χ1n) is 9.82. The van der Waals surface area contributed by atoms with Gasteiger partial charge in [-0.1, -0.05) is 30.3 Å². The van der Waals surface area contributed by atoms with Gasteiger partial charge in [0, 0.05) is 25.2 Å². The van der Waals surface area contributed by atoms with Crippen LogP contribution in [0.5, 0.6) is 0 Å². The van der Waals surface area contributed by atoms with Gasteiger partial charge in [0.05, 0.1) is 17.1 Å². The van der Waals surface area contributed by atoms with E-state index in [0.29, 0.717) is 0 Å². The summed E-state index contributed by atoms with van der Waals surface area (Å²) in [6.07, 6.45) is 6.66. The number of rotatable bonds is 0. The number of fused-ring (bicyclic) bond motifs is 8. The lowest BCUT2D eigenvalue weighted by Crippen LogP contribution is -2.27. The molecule has 1 aliphatic carbocycles. The molecule has 0 radical (unpaired) electrons. The highest BCUT2D eigenvalue weighted by atomic mass is 15.2. The van der Waals surface area contributed by atoms with Crippen LogP contribution >= 0.6 is 0 Å². The van der Waals surface area contributed by atoms with E-state index in [4.69, 9.17) is 9.97 Å². The molecular weight excluding hydrogens is 342 g/mol. The van der Waals surface area contributed by atoms with Gasteiger partial charge in [-0.2, -0.15) is 0 Å². The molecule has 2 aromatic heterocycles. The van der Waals surface area contributed by atoms with E-state index in [9.17, 15) is 0 Å². The van der Waals surface area contributed by atoms with E-state index in [1.807, 2.05) is 18.5 Å². The lowest BCUT2D eigenvalue weighted by molar-refractivity contribution is 0.941. The molecule has 3 nitrogen and oxygen atoms in total. The summed E-state index contributed by atoms with van der Waals surface area (Å²) in [4.78, 5) is 11.8. The van der Waals surface area contributed by atoms with E-state index < -0.39 is 0 Å². The first-order valence-corrected chi connectivity index (χ1v) is 9.82. The van der Waals surface area contributed by atoms with Crippen molar-refractivity contribution >= 4 is 17.2 Å². The number of pyridine rings is 2. The topological polar surface area (TPSA) is 29.0 Å². The van der Waals surface area contributed by atoms with Crippen molar-refractivity contribution in [3.8, 4) is 11.1 Å². The highest BCUT2D eigenvalue weighted by Gasteiger charge is 2.36. The first kappa shape index (κ1) is 14.6. The minimum Gasteiger partial charge on any atom is -0.292 e. The van der Waals surface area contributed by atoms with Crippen LogP contribution in [0.2, 0.25) is 0 Å². The number of anilines is 3. The van der Waals surface area contributed by atoms with Gasteiger partial charge in [0.15, 0.2) is 0 Å². The van der Waals surface area contributed by atoms with Gasteiger partial charge in [0.2, 0.25) is 0 Å². The molecule has 0 fully saturated rings. The van der Waals surface area contributed by atoms with Crippen molar-refractivity contribution in [1.29, 1.82) is 0 Å². The highest BCUT2D eigenvalue weighted by Crippen LogP contribution is 2.53. The Morgan fingerprint density at radius 2 is 1.50 bits per heavy atom. The van der Waals surface area contributed by atoms with Crippen LogP contribution in [0.1, 0.15) is 33.5 Å². The van der Waals surface area contributed by atoms with Crippen LogP contribution in [0.3, 0.4) is 0 Å². The van der Waals surface area contributed by atoms with Crippen LogP contribution in [0.15, 0.2) is 67.0 Å². The van der Waals surface area contributed by atoms with Gasteiger partial charge in [-0.15, -0.1) is 0 Å². The average molecular weight is 359 g/mol. The van der Waals surface area contributed by atoms with Gasteiger partial charge < -0.3 is 0 Å². The summed E-state index contributed by atoms with van der Waals surface area (Å²) in [5, 5.41) is 0. The Balaban J connectivity index is 1.58. The number of hydrogen-bond donors (Lipinski definition) is 0. The fourth-order valence-corrected chi connectivity index (χ4v) is 5.25. The molecule has 0 N–H and O–H groups in total. The number of aromatic nitrogens is 2. The molecule has 0 saturated heterocycles. The van der Waals surface area contributed by atoms with Crippen LogP contribution in [-0.2, 0) is 19.3 Å². The van der Waals surface area contributed by atoms with E-state index in [-0.39, 0.29) is 0 Å². The Labute approximate surface area is 163 Å². The number of benzene rings is 2. The fourth-order valence-electron chi connectivity index (χ4n) is 5.25. The maximum Gasteiger partial charge on any atom is 0.141 e. The van der Waals surface area contributed by atoms with Crippen LogP contribution in [0.4, 0.5) is 17.2 Å². The molecule has 28 heavy (non-hydrogen) atoms. The molecular formula is C25H17N3. The Hall–Kier alpha value is -3.46. The first-order chi connectivity index (χ1) is 13.9. The lowest BCUT2D eigenvalue weighted by Gasteiger charge is -2.38.